The van der Waals surface area contributed by atoms with Crippen LogP contribution < -0.4 is 5.32 Å². The topological polar surface area (TPSA) is 45.5 Å². The molecule has 25 heavy (non-hydrogen) atoms. The standard InChI is InChI=1S/C19H14Cl2N2O2/c20-15-8-7-12(10-16(15)21)18-22-17-6-2-1-5-14(17)19(24)23(18)11-13-4-3-9-25-13/h1-10,18,22H,11H2/t18-/m1/s1. The lowest BCUT2D eigenvalue weighted by molar-refractivity contribution is 0.0651. The van der Waals surface area contributed by atoms with E-state index in [1.165, 1.54) is 0 Å². The van der Waals surface area contributed by atoms with Gasteiger partial charge in [-0.25, -0.2) is 0 Å². The number of hydrogen-bond donors (Lipinski definition) is 1. The van der Waals surface area contributed by atoms with Crippen molar-refractivity contribution in [2.24, 2.45) is 0 Å². The lowest BCUT2D eigenvalue weighted by Crippen LogP contribution is -2.42. The van der Waals surface area contributed by atoms with Gasteiger partial charge in [0.25, 0.3) is 5.91 Å². The number of hydrogen-bond acceptors (Lipinski definition) is 3. The van der Waals surface area contributed by atoms with Crippen molar-refractivity contribution in [1.29, 1.82) is 0 Å². The normalized spacial score (nSPS) is 16.5. The fourth-order valence-corrected chi connectivity index (χ4v) is 3.28. The Hall–Kier alpha value is -2.43. The number of amides is 1. The quantitative estimate of drug-likeness (QED) is 0.673. The number of nitrogens with zero attached hydrogens (tertiary/aromatic N) is 1. The molecule has 2 heterocycles. The van der Waals surface area contributed by atoms with Gasteiger partial charge >= 0.3 is 0 Å². The van der Waals surface area contributed by atoms with Gasteiger partial charge in [0.1, 0.15) is 11.9 Å². The van der Waals surface area contributed by atoms with Crippen LogP contribution in [0.1, 0.15) is 27.8 Å². The number of nitrogens with one attached hydrogen (secondary N) is 1. The molecule has 1 aliphatic heterocycles. The van der Waals surface area contributed by atoms with Gasteiger partial charge in [-0.05, 0) is 42.0 Å². The first kappa shape index (κ1) is 16.1. The van der Waals surface area contributed by atoms with Crippen molar-refractivity contribution >= 4 is 34.8 Å². The van der Waals surface area contributed by atoms with E-state index < -0.39 is 0 Å². The molecule has 1 amide bonds. The molecule has 0 fully saturated rings. The summed E-state index contributed by atoms with van der Waals surface area (Å²) >= 11 is 12.2. The first-order chi connectivity index (χ1) is 12.1. The van der Waals surface area contributed by atoms with E-state index in [0.717, 1.165) is 11.3 Å². The average molecular weight is 373 g/mol. The molecular weight excluding hydrogens is 359 g/mol. The second-order valence-electron chi connectivity index (χ2n) is 5.78. The summed E-state index contributed by atoms with van der Waals surface area (Å²) in [6, 6.07) is 16.5. The Morgan fingerprint density at radius 1 is 1.04 bits per heavy atom. The number of benzene rings is 2. The third-order valence-electron chi connectivity index (χ3n) is 4.19. The molecule has 126 valence electrons. The van der Waals surface area contributed by atoms with Crippen LogP contribution in [0.2, 0.25) is 10.0 Å². The number of halogens is 2. The van der Waals surface area contributed by atoms with Crippen molar-refractivity contribution < 1.29 is 9.21 Å². The second-order valence-corrected chi connectivity index (χ2v) is 6.59. The monoisotopic (exact) mass is 372 g/mol. The van der Waals surface area contributed by atoms with Crippen LogP contribution in [0.15, 0.2) is 65.3 Å². The first-order valence-electron chi connectivity index (χ1n) is 7.77. The molecule has 0 aliphatic carbocycles. The van der Waals surface area contributed by atoms with Gasteiger partial charge < -0.3 is 14.6 Å². The van der Waals surface area contributed by atoms with Gasteiger partial charge in [-0.3, -0.25) is 4.79 Å². The highest BCUT2D eigenvalue weighted by Crippen LogP contribution is 2.36. The van der Waals surface area contributed by atoms with Crippen LogP contribution in [0, 0.1) is 0 Å². The van der Waals surface area contributed by atoms with E-state index >= 15 is 0 Å². The number of fused-ring (bicyclic) bond motifs is 1. The number of anilines is 1. The molecule has 1 aromatic heterocycles. The molecular formula is C19H14Cl2N2O2. The summed E-state index contributed by atoms with van der Waals surface area (Å²) in [5.74, 6) is 0.640. The summed E-state index contributed by atoms with van der Waals surface area (Å²) in [6.07, 6.45) is 1.22. The van der Waals surface area contributed by atoms with Gasteiger partial charge in [0.2, 0.25) is 0 Å². The summed E-state index contributed by atoms with van der Waals surface area (Å²) in [5.41, 5.74) is 2.27. The zero-order valence-corrected chi connectivity index (χ0v) is 14.6. The van der Waals surface area contributed by atoms with Crippen molar-refractivity contribution in [2.45, 2.75) is 12.7 Å². The zero-order valence-electron chi connectivity index (χ0n) is 13.1. The number of para-hydroxylation sites is 1. The lowest BCUT2D eigenvalue weighted by Gasteiger charge is -2.37. The van der Waals surface area contributed by atoms with Crippen LogP contribution in [0.4, 0.5) is 5.69 Å². The molecule has 0 spiro atoms. The van der Waals surface area contributed by atoms with Crippen LogP contribution in [0.5, 0.6) is 0 Å². The van der Waals surface area contributed by atoms with Crippen LogP contribution in [-0.4, -0.2) is 10.8 Å². The van der Waals surface area contributed by atoms with E-state index in [1.807, 2.05) is 36.4 Å². The SMILES string of the molecule is O=C1c2ccccc2N[C@@H](c2ccc(Cl)c(Cl)c2)N1Cc1ccco1. The third kappa shape index (κ3) is 2.99. The lowest BCUT2D eigenvalue weighted by atomic mass is 10.0. The molecule has 4 rings (SSSR count). The maximum Gasteiger partial charge on any atom is 0.258 e. The summed E-state index contributed by atoms with van der Waals surface area (Å²) in [6.45, 7) is 0.345. The maximum absolute atomic E-state index is 13.1. The number of carbonyl (C=O) groups is 1. The van der Waals surface area contributed by atoms with Gasteiger partial charge in [-0.15, -0.1) is 0 Å². The second kappa shape index (κ2) is 6.47. The van der Waals surface area contributed by atoms with Crippen molar-refractivity contribution in [3.8, 4) is 0 Å². The highest BCUT2D eigenvalue weighted by atomic mass is 35.5. The number of furan rings is 1. The molecule has 1 N–H and O–H groups in total. The van der Waals surface area contributed by atoms with Crippen LogP contribution >= 0.6 is 23.2 Å². The molecule has 1 atom stereocenters. The van der Waals surface area contributed by atoms with Crippen molar-refractivity contribution in [3.63, 3.8) is 0 Å². The Morgan fingerprint density at radius 2 is 1.88 bits per heavy atom. The van der Waals surface area contributed by atoms with Gasteiger partial charge in [0.15, 0.2) is 0 Å². The predicted octanol–water partition coefficient (Wildman–Crippen LogP) is 5.35. The van der Waals surface area contributed by atoms with Gasteiger partial charge in [0.05, 0.1) is 28.4 Å². The summed E-state index contributed by atoms with van der Waals surface area (Å²) in [7, 11) is 0. The van der Waals surface area contributed by atoms with Gasteiger partial charge in [0, 0.05) is 5.69 Å². The molecule has 0 bridgehead atoms. The van der Waals surface area contributed by atoms with Crippen LogP contribution in [0.25, 0.3) is 0 Å². The van der Waals surface area contributed by atoms with E-state index in [9.17, 15) is 4.79 Å². The van der Waals surface area contributed by atoms with E-state index in [0.29, 0.717) is 27.9 Å². The molecule has 0 saturated heterocycles. The van der Waals surface area contributed by atoms with Crippen molar-refractivity contribution in [1.82, 2.24) is 4.90 Å². The Morgan fingerprint density at radius 3 is 2.64 bits per heavy atom. The molecule has 2 aromatic carbocycles. The van der Waals surface area contributed by atoms with E-state index in [2.05, 4.69) is 5.32 Å². The first-order valence-corrected chi connectivity index (χ1v) is 8.53. The summed E-state index contributed by atoms with van der Waals surface area (Å²) in [4.78, 5) is 14.8. The molecule has 3 aromatic rings. The molecule has 0 saturated carbocycles. The molecule has 6 heteroatoms. The van der Waals surface area contributed by atoms with Gasteiger partial charge in [-0.2, -0.15) is 0 Å². The number of rotatable bonds is 3. The maximum atomic E-state index is 13.1. The Balaban J connectivity index is 1.78. The zero-order chi connectivity index (χ0) is 17.4. The Bertz CT molecular complexity index is 925. The molecule has 0 unspecified atom stereocenters. The summed E-state index contributed by atoms with van der Waals surface area (Å²) < 4.78 is 5.43. The minimum absolute atomic E-state index is 0.0678. The third-order valence-corrected chi connectivity index (χ3v) is 4.93. The highest BCUT2D eigenvalue weighted by Gasteiger charge is 2.33. The summed E-state index contributed by atoms with van der Waals surface area (Å²) in [5, 5.41) is 4.34. The predicted molar refractivity (Wildman–Crippen MR) is 97.8 cm³/mol. The minimum Gasteiger partial charge on any atom is -0.467 e. The Labute approximate surface area is 155 Å². The minimum atomic E-state index is -0.373. The largest absolute Gasteiger partial charge is 0.467 e. The van der Waals surface area contributed by atoms with E-state index in [1.54, 1.807) is 29.4 Å². The van der Waals surface area contributed by atoms with E-state index in [-0.39, 0.29) is 12.1 Å². The van der Waals surface area contributed by atoms with Crippen LogP contribution in [0.3, 0.4) is 0 Å². The molecule has 4 nitrogen and oxygen atoms in total. The fraction of sp³-hybridized carbons (Fsp3) is 0.105. The van der Waals surface area contributed by atoms with Crippen molar-refractivity contribution in [2.75, 3.05) is 5.32 Å². The van der Waals surface area contributed by atoms with Crippen molar-refractivity contribution in [3.05, 3.63) is 87.8 Å². The molecule has 1 aliphatic rings. The van der Waals surface area contributed by atoms with Crippen LogP contribution in [-0.2, 0) is 6.54 Å². The molecule has 0 radical (unpaired) electrons. The fourth-order valence-electron chi connectivity index (χ4n) is 2.97. The number of carbonyl (C=O) groups excluding carboxylic acids is 1. The van der Waals surface area contributed by atoms with E-state index in [4.69, 9.17) is 27.6 Å². The highest BCUT2D eigenvalue weighted by molar-refractivity contribution is 6.42. The average Bonchev–Trinajstić information content (AvgIpc) is 3.13. The Kier molecular flexibility index (Phi) is 4.15. The smallest absolute Gasteiger partial charge is 0.258 e. The van der Waals surface area contributed by atoms with Gasteiger partial charge in [-0.1, -0.05) is 41.4 Å².